The van der Waals surface area contributed by atoms with E-state index in [1.165, 1.54) is 5.57 Å². The van der Waals surface area contributed by atoms with Gasteiger partial charge in [-0.15, -0.1) is 0 Å². The van der Waals surface area contributed by atoms with Crippen LogP contribution in [0.25, 0.3) is 0 Å². The van der Waals surface area contributed by atoms with E-state index < -0.39 is 90.5 Å². The van der Waals surface area contributed by atoms with Crippen LogP contribution < -0.4 is 0 Å². The van der Waals surface area contributed by atoms with Gasteiger partial charge in [-0.3, -0.25) is 4.79 Å². The number of aliphatic hydroxyl groups is 3. The lowest BCUT2D eigenvalue weighted by molar-refractivity contribution is -0.345. The Kier molecular flexibility index (Phi) is 11.2. The number of hydrogen-bond acceptors (Lipinski definition) is 11. The Balaban J connectivity index is 1.25. The van der Waals surface area contributed by atoms with Crippen molar-refractivity contribution in [1.29, 1.82) is 0 Å². The van der Waals surface area contributed by atoms with Gasteiger partial charge in [0.1, 0.15) is 24.9 Å². The molecule has 15 atom stereocenters. The molecule has 316 valence electrons. The third-order valence-electron chi connectivity index (χ3n) is 16.3. The normalized spacial score (nSPS) is 45.0. The minimum atomic E-state index is -2.44. The van der Waals surface area contributed by atoms with Gasteiger partial charge < -0.3 is 54.7 Å². The summed E-state index contributed by atoms with van der Waals surface area (Å²) >= 11 is 0. The van der Waals surface area contributed by atoms with Gasteiger partial charge in [0.2, 0.25) is 6.10 Å². The number of aliphatic hydroxyl groups excluding tert-OH is 3. The van der Waals surface area contributed by atoms with Crippen LogP contribution in [0.4, 0.5) is 0 Å². The van der Waals surface area contributed by atoms with Crippen molar-refractivity contribution in [3.05, 3.63) is 11.6 Å². The number of fused-ring (bicyclic) bond motifs is 7. The topological polar surface area (TPSA) is 247 Å². The molecule has 0 aromatic carbocycles. The van der Waals surface area contributed by atoms with E-state index in [4.69, 9.17) is 24.1 Å². The molecule has 0 aromatic rings. The molecule has 1 heterocycles. The first kappa shape index (κ1) is 42.9. The Morgan fingerprint density at radius 1 is 0.857 bits per heavy atom. The quantitative estimate of drug-likeness (QED) is 0.0886. The van der Waals surface area contributed by atoms with Crippen molar-refractivity contribution in [2.45, 2.75) is 162 Å². The average molecular weight is 795 g/mol. The minimum Gasteiger partial charge on any atom is -0.481 e. The van der Waals surface area contributed by atoms with Gasteiger partial charge in [-0.05, 0) is 109 Å². The molecule has 6 aliphatic rings. The van der Waals surface area contributed by atoms with Gasteiger partial charge in [-0.2, -0.15) is 0 Å². The standard InChI is InChI=1S/C41H62O15/c1-36(2)14-16-41(35(51)52)17-15-39(6)20(21(41)18-36)8-9-23-38(5)12-11-24(37(3,4)22(38)10-13-40(23,39)7)54-34-27(45)29(26(44)30(56-34)32(49)50)55-33(28(46)31(47)48)53-19-25(42)43/h8,21-24,26-30,33-34,44-46H,9-19H2,1-7H3,(H,42,43)(H,47,48)(H,49,50)(H,51,52)/t21-,22-,23-,24+,26+,27-,28+,29+,30+,33+,34-,38+,39-,40-,41+/m1/s1. The molecule has 7 N–H and O–H groups in total. The van der Waals surface area contributed by atoms with Crippen molar-refractivity contribution in [1.82, 2.24) is 0 Å². The van der Waals surface area contributed by atoms with Crippen molar-refractivity contribution in [3.63, 3.8) is 0 Å². The molecule has 4 saturated carbocycles. The molecule has 5 aliphatic carbocycles. The van der Waals surface area contributed by atoms with Gasteiger partial charge in [-0.25, -0.2) is 14.4 Å². The van der Waals surface area contributed by atoms with Crippen molar-refractivity contribution in [2.24, 2.45) is 50.2 Å². The second-order valence-electron chi connectivity index (χ2n) is 19.9. The molecule has 5 fully saturated rings. The monoisotopic (exact) mass is 794 g/mol. The summed E-state index contributed by atoms with van der Waals surface area (Å²) in [5, 5.41) is 71.6. The Morgan fingerprint density at radius 2 is 1.52 bits per heavy atom. The summed E-state index contributed by atoms with van der Waals surface area (Å²) in [5.74, 6) is -5.22. The first-order valence-electron chi connectivity index (χ1n) is 20.1. The van der Waals surface area contributed by atoms with Crippen molar-refractivity contribution < 1.29 is 73.9 Å². The molecular weight excluding hydrogens is 732 g/mol. The highest BCUT2D eigenvalue weighted by Crippen LogP contribution is 2.76. The fourth-order valence-electron chi connectivity index (χ4n) is 12.9. The maximum Gasteiger partial charge on any atom is 0.337 e. The molecule has 15 heteroatoms. The number of aliphatic carboxylic acids is 4. The highest BCUT2D eigenvalue weighted by Gasteiger charge is 2.69. The largest absolute Gasteiger partial charge is 0.481 e. The third-order valence-corrected chi connectivity index (χ3v) is 16.3. The predicted molar refractivity (Wildman–Crippen MR) is 196 cm³/mol. The molecule has 0 aromatic heterocycles. The Bertz CT molecular complexity index is 1610. The third kappa shape index (κ3) is 6.70. The zero-order valence-electron chi connectivity index (χ0n) is 33.6. The number of allylic oxidation sites excluding steroid dienone is 2. The molecule has 15 nitrogen and oxygen atoms in total. The van der Waals surface area contributed by atoms with Gasteiger partial charge in [0.15, 0.2) is 18.7 Å². The molecule has 0 spiro atoms. The van der Waals surface area contributed by atoms with Crippen LogP contribution in [0, 0.1) is 50.2 Å². The molecule has 1 saturated heterocycles. The Morgan fingerprint density at radius 3 is 2.12 bits per heavy atom. The maximum atomic E-state index is 13.0. The van der Waals surface area contributed by atoms with Crippen LogP contribution >= 0.6 is 0 Å². The highest BCUT2D eigenvalue weighted by molar-refractivity contribution is 5.77. The SMILES string of the molecule is CC1(C)CC[C@]2(C(=O)O)CC[C@]3(C)C(=CC[C@@H]4[C@@]5(C)CC[C@H](O[C@@H]6O[C@H](C(=O)O)[C@@H](O)[C@H](O[C@H](OCC(=O)O)[C@@H](O)C(=O)O)[C@H]6O)C(C)(C)[C@H]5CC[C@]43C)[C@H]2C1. The van der Waals surface area contributed by atoms with Crippen molar-refractivity contribution >= 4 is 23.9 Å². The molecule has 1 aliphatic heterocycles. The molecule has 0 bridgehead atoms. The van der Waals surface area contributed by atoms with Crippen LogP contribution in [0.1, 0.15) is 113 Å². The van der Waals surface area contributed by atoms with Crippen LogP contribution in [0.3, 0.4) is 0 Å². The van der Waals surface area contributed by atoms with Crippen LogP contribution in [0.5, 0.6) is 0 Å². The van der Waals surface area contributed by atoms with Gasteiger partial charge >= 0.3 is 23.9 Å². The van der Waals surface area contributed by atoms with Crippen LogP contribution in [-0.4, -0.2) is 115 Å². The predicted octanol–water partition coefficient (Wildman–Crippen LogP) is 4.05. The number of ether oxygens (including phenoxy) is 4. The van der Waals surface area contributed by atoms with Crippen molar-refractivity contribution in [2.75, 3.05) is 6.61 Å². The Hall–Kier alpha value is -2.66. The summed E-state index contributed by atoms with van der Waals surface area (Å²) in [4.78, 5) is 48.0. The van der Waals surface area contributed by atoms with E-state index >= 15 is 0 Å². The van der Waals surface area contributed by atoms with E-state index in [1.807, 2.05) is 0 Å². The summed E-state index contributed by atoms with van der Waals surface area (Å²) in [5.41, 5.74) is -0.246. The number of carboxylic acid groups (broad SMARTS) is 4. The lowest BCUT2D eigenvalue weighted by atomic mass is 9.33. The van der Waals surface area contributed by atoms with E-state index in [0.29, 0.717) is 25.2 Å². The number of carboxylic acids is 4. The lowest BCUT2D eigenvalue weighted by Gasteiger charge is -2.71. The second-order valence-corrected chi connectivity index (χ2v) is 19.9. The fraction of sp³-hybridized carbons (Fsp3) is 0.854. The maximum absolute atomic E-state index is 13.0. The van der Waals surface area contributed by atoms with E-state index in [9.17, 15) is 49.8 Å². The molecule has 0 radical (unpaired) electrons. The zero-order valence-corrected chi connectivity index (χ0v) is 33.6. The van der Waals surface area contributed by atoms with E-state index in [1.54, 1.807) is 0 Å². The van der Waals surface area contributed by atoms with E-state index in [-0.39, 0.29) is 33.5 Å². The highest BCUT2D eigenvalue weighted by atomic mass is 16.7. The van der Waals surface area contributed by atoms with Crippen LogP contribution in [0.2, 0.25) is 0 Å². The van der Waals surface area contributed by atoms with Crippen molar-refractivity contribution in [3.8, 4) is 0 Å². The second kappa shape index (κ2) is 14.6. The number of carbonyl (C=O) groups is 4. The Labute approximate surface area is 327 Å². The zero-order chi connectivity index (χ0) is 41.6. The van der Waals surface area contributed by atoms with Crippen LogP contribution in [-0.2, 0) is 38.1 Å². The van der Waals surface area contributed by atoms with Crippen LogP contribution in [0.15, 0.2) is 11.6 Å². The molecule has 56 heavy (non-hydrogen) atoms. The summed E-state index contributed by atoms with van der Waals surface area (Å²) in [6, 6.07) is 0. The summed E-state index contributed by atoms with van der Waals surface area (Å²) in [6.45, 7) is 14.8. The summed E-state index contributed by atoms with van der Waals surface area (Å²) < 4.78 is 22.5. The summed E-state index contributed by atoms with van der Waals surface area (Å²) in [6.07, 6.45) is -4.44. The fourth-order valence-corrected chi connectivity index (χ4v) is 12.9. The first-order valence-corrected chi connectivity index (χ1v) is 20.1. The van der Waals surface area contributed by atoms with Gasteiger partial charge in [0.05, 0.1) is 11.5 Å². The smallest absolute Gasteiger partial charge is 0.337 e. The van der Waals surface area contributed by atoms with Gasteiger partial charge in [0.25, 0.3) is 0 Å². The molecule has 0 amide bonds. The number of rotatable bonds is 11. The van der Waals surface area contributed by atoms with Gasteiger partial charge in [-0.1, -0.05) is 60.1 Å². The lowest BCUT2D eigenvalue weighted by Crippen LogP contribution is -2.66. The van der Waals surface area contributed by atoms with E-state index in [2.05, 4.69) is 54.5 Å². The first-order chi connectivity index (χ1) is 25.9. The summed E-state index contributed by atoms with van der Waals surface area (Å²) in [7, 11) is 0. The van der Waals surface area contributed by atoms with E-state index in [0.717, 1.165) is 44.9 Å². The average Bonchev–Trinajstić information content (AvgIpc) is 3.09. The molecular formula is C41H62O15. The molecule has 6 rings (SSSR count). The van der Waals surface area contributed by atoms with Gasteiger partial charge in [0, 0.05) is 0 Å². The number of hydrogen-bond donors (Lipinski definition) is 7. The molecule has 0 unspecified atom stereocenters. The minimum absolute atomic E-state index is 0.000609.